The third kappa shape index (κ3) is 7.47. The molecular formula is C6H6IrNO-. The van der Waals surface area contributed by atoms with Crippen LogP contribution in [0.1, 0.15) is 0 Å². The van der Waals surface area contributed by atoms with Crippen LogP contribution in [0.15, 0.2) is 30.6 Å². The molecule has 0 aliphatic heterocycles. The van der Waals surface area contributed by atoms with Crippen molar-refractivity contribution >= 4 is 6.79 Å². The molecule has 1 aromatic heterocycles. The minimum atomic E-state index is 0. The third-order valence-corrected chi connectivity index (χ3v) is 0.566. The molecule has 2 nitrogen and oxygen atoms in total. The molecule has 1 rings (SSSR count). The van der Waals surface area contributed by atoms with E-state index in [0.717, 1.165) is 0 Å². The maximum Gasteiger partial charge on any atom is 0.0267 e. The molecule has 0 spiro atoms. The number of pyridine rings is 1. The summed E-state index contributed by atoms with van der Waals surface area (Å²) in [6.45, 7) is 3.25. The van der Waals surface area contributed by atoms with Crippen LogP contribution >= 0.6 is 0 Å². The SMILES string of the molecule is [CH-]=O.[Ir].c1ccncc1. The zero-order chi connectivity index (χ0) is 6.24. The molecule has 0 N–H and O–H groups in total. The van der Waals surface area contributed by atoms with Gasteiger partial charge in [-0.2, -0.15) is 0 Å². The summed E-state index contributed by atoms with van der Waals surface area (Å²) in [6.07, 6.45) is 3.50. The molecule has 1 heterocycles. The summed E-state index contributed by atoms with van der Waals surface area (Å²) in [7, 11) is 0. The van der Waals surface area contributed by atoms with Gasteiger partial charge in [0.15, 0.2) is 0 Å². The van der Waals surface area contributed by atoms with Crippen molar-refractivity contribution in [3.05, 3.63) is 30.6 Å². The van der Waals surface area contributed by atoms with Crippen LogP contribution < -0.4 is 0 Å². The third-order valence-electron chi connectivity index (χ3n) is 0.566. The maximum absolute atomic E-state index is 7.75. The van der Waals surface area contributed by atoms with E-state index in [-0.39, 0.29) is 20.1 Å². The van der Waals surface area contributed by atoms with Gasteiger partial charge in [0.25, 0.3) is 0 Å². The van der Waals surface area contributed by atoms with Crippen molar-refractivity contribution in [3.8, 4) is 0 Å². The zero-order valence-corrected chi connectivity index (χ0v) is 7.05. The van der Waals surface area contributed by atoms with Gasteiger partial charge >= 0.3 is 0 Å². The van der Waals surface area contributed by atoms with Gasteiger partial charge in [0.2, 0.25) is 0 Å². The fourth-order valence-corrected chi connectivity index (χ4v) is 0.313. The van der Waals surface area contributed by atoms with E-state index in [4.69, 9.17) is 4.79 Å². The Hall–Kier alpha value is -0.531. The summed E-state index contributed by atoms with van der Waals surface area (Å²) >= 11 is 0. The maximum atomic E-state index is 7.75. The predicted octanol–water partition coefficient (Wildman–Crippen LogP) is 0.805. The summed E-state index contributed by atoms with van der Waals surface area (Å²) < 4.78 is 0. The Morgan fingerprint density at radius 2 is 1.44 bits per heavy atom. The van der Waals surface area contributed by atoms with Crippen molar-refractivity contribution in [2.45, 2.75) is 0 Å². The van der Waals surface area contributed by atoms with Crippen LogP contribution in [-0.4, -0.2) is 11.8 Å². The molecule has 1 radical (unpaired) electrons. The second kappa shape index (κ2) is 10.5. The van der Waals surface area contributed by atoms with Gasteiger partial charge in [-0.1, -0.05) is 6.07 Å². The standard InChI is InChI=1S/C5H5N.CHO.Ir/c1-2-4-6-5-3-1;1-2;/h1-5H;1H;/q;-1;. The largest absolute Gasteiger partial charge is 0.545 e. The Balaban J connectivity index is 0. The number of aromatic nitrogens is 1. The van der Waals surface area contributed by atoms with Crippen molar-refractivity contribution in [1.29, 1.82) is 0 Å². The van der Waals surface area contributed by atoms with Gasteiger partial charge in [-0.05, 0) is 12.1 Å². The Labute approximate surface area is 67.7 Å². The number of carbonyl (C=O) groups excluding carboxylic acids is 1. The first-order valence-corrected chi connectivity index (χ1v) is 2.09. The van der Waals surface area contributed by atoms with Gasteiger partial charge in [0.05, 0.1) is 0 Å². The Morgan fingerprint density at radius 1 is 1.00 bits per heavy atom. The molecule has 0 amide bonds. The molecule has 0 saturated carbocycles. The molecule has 0 atom stereocenters. The molecule has 0 saturated heterocycles. The van der Waals surface area contributed by atoms with Crippen LogP contribution in [0.5, 0.6) is 0 Å². The second-order valence-electron chi connectivity index (χ2n) is 1.02. The van der Waals surface area contributed by atoms with E-state index in [1.807, 2.05) is 18.2 Å². The smallest absolute Gasteiger partial charge is 0.0267 e. The fourth-order valence-electron chi connectivity index (χ4n) is 0.313. The van der Waals surface area contributed by atoms with E-state index in [9.17, 15) is 0 Å². The molecule has 51 valence electrons. The Morgan fingerprint density at radius 3 is 1.56 bits per heavy atom. The van der Waals surface area contributed by atoms with Crippen molar-refractivity contribution in [3.63, 3.8) is 0 Å². The molecule has 0 aliphatic rings. The fraction of sp³-hybridized carbons (Fsp3) is 0. The van der Waals surface area contributed by atoms with Crippen LogP contribution in [0.3, 0.4) is 0 Å². The summed E-state index contributed by atoms with van der Waals surface area (Å²) in [5.41, 5.74) is 0. The minimum Gasteiger partial charge on any atom is -0.545 e. The Kier molecular flexibility index (Phi) is 13.1. The van der Waals surface area contributed by atoms with Crippen LogP contribution in [0.4, 0.5) is 0 Å². The first kappa shape index (κ1) is 11.3. The molecule has 0 bridgehead atoms. The molecule has 3 heteroatoms. The minimum absolute atomic E-state index is 0. The number of hydrogen-bond acceptors (Lipinski definition) is 2. The molecule has 9 heavy (non-hydrogen) atoms. The molecule has 0 fully saturated rings. The van der Waals surface area contributed by atoms with E-state index < -0.39 is 0 Å². The van der Waals surface area contributed by atoms with E-state index >= 15 is 0 Å². The van der Waals surface area contributed by atoms with E-state index in [1.54, 1.807) is 12.4 Å². The molecule has 0 unspecified atom stereocenters. The van der Waals surface area contributed by atoms with Crippen LogP contribution in [0.25, 0.3) is 0 Å². The van der Waals surface area contributed by atoms with Crippen LogP contribution in [0.2, 0.25) is 0 Å². The quantitative estimate of drug-likeness (QED) is 0.524. The van der Waals surface area contributed by atoms with E-state index in [1.165, 1.54) is 0 Å². The van der Waals surface area contributed by atoms with Gasteiger partial charge in [0.1, 0.15) is 0 Å². The average molecular weight is 300 g/mol. The van der Waals surface area contributed by atoms with E-state index in [2.05, 4.69) is 11.8 Å². The van der Waals surface area contributed by atoms with Crippen molar-refractivity contribution < 1.29 is 24.9 Å². The summed E-state index contributed by atoms with van der Waals surface area (Å²) in [5.74, 6) is 0. The summed E-state index contributed by atoms with van der Waals surface area (Å²) in [6, 6.07) is 5.72. The molecule has 0 aliphatic carbocycles. The van der Waals surface area contributed by atoms with Gasteiger partial charge in [0, 0.05) is 32.5 Å². The summed E-state index contributed by atoms with van der Waals surface area (Å²) in [5, 5.41) is 0. The number of rotatable bonds is 0. The van der Waals surface area contributed by atoms with Gasteiger partial charge < -0.3 is 4.79 Å². The zero-order valence-electron chi connectivity index (χ0n) is 4.65. The van der Waals surface area contributed by atoms with Gasteiger partial charge in [-0.25, -0.2) is 0 Å². The van der Waals surface area contributed by atoms with Crippen LogP contribution in [-0.2, 0) is 24.9 Å². The molecular weight excluding hydrogens is 294 g/mol. The average Bonchev–Trinajstić information content (AvgIpc) is 1.96. The van der Waals surface area contributed by atoms with Crippen LogP contribution in [0, 0.1) is 0 Å². The second-order valence-corrected chi connectivity index (χ2v) is 1.02. The van der Waals surface area contributed by atoms with Crippen molar-refractivity contribution in [2.24, 2.45) is 0 Å². The first-order valence-electron chi connectivity index (χ1n) is 2.09. The number of nitrogens with zero attached hydrogens (tertiary/aromatic N) is 1. The van der Waals surface area contributed by atoms with Crippen molar-refractivity contribution in [2.75, 3.05) is 0 Å². The molecule has 0 aromatic carbocycles. The summed E-state index contributed by atoms with van der Waals surface area (Å²) in [4.78, 5) is 11.5. The first-order chi connectivity index (χ1) is 4.00. The van der Waals surface area contributed by atoms with Gasteiger partial charge in [-0.3, -0.25) is 11.8 Å². The predicted molar refractivity (Wildman–Crippen MR) is 31.0 cm³/mol. The normalized spacial score (nSPS) is 5.78. The Bertz CT molecular complexity index is 95.9. The van der Waals surface area contributed by atoms with Crippen molar-refractivity contribution in [1.82, 2.24) is 4.98 Å². The van der Waals surface area contributed by atoms with E-state index in [0.29, 0.717) is 0 Å². The monoisotopic (exact) mass is 301 g/mol. The topological polar surface area (TPSA) is 30.0 Å². The molecule has 1 aromatic rings. The number of hydrogen-bond donors (Lipinski definition) is 0. The van der Waals surface area contributed by atoms with Gasteiger partial charge in [-0.15, -0.1) is 0 Å².